The van der Waals surface area contributed by atoms with E-state index in [1.165, 1.54) is 11.3 Å². The molecule has 7 nitrogen and oxygen atoms in total. The molecule has 0 fully saturated rings. The topological polar surface area (TPSA) is 93.1 Å². The Morgan fingerprint density at radius 2 is 1.87 bits per heavy atom. The summed E-state index contributed by atoms with van der Waals surface area (Å²) in [6.45, 7) is 2.69. The first kappa shape index (κ1) is 20.1. The molecule has 4 rings (SSSR count). The molecule has 0 bridgehead atoms. The van der Waals surface area contributed by atoms with Crippen molar-refractivity contribution in [3.05, 3.63) is 65.7 Å². The zero-order valence-corrected chi connectivity index (χ0v) is 18.0. The number of hydrogen-bond acceptors (Lipinski definition) is 5. The van der Waals surface area contributed by atoms with Gasteiger partial charge in [-0.05, 0) is 31.2 Å². The summed E-state index contributed by atoms with van der Waals surface area (Å²) in [5.41, 5.74) is 3.63. The second-order valence-electron chi connectivity index (χ2n) is 6.78. The molecule has 4 aromatic rings. The summed E-state index contributed by atoms with van der Waals surface area (Å²) in [6.07, 6.45) is 1.11. The molecular formula is C21H20N4O3S2. The maximum absolute atomic E-state index is 12.9. The fourth-order valence-electron chi connectivity index (χ4n) is 3.29. The molecule has 9 heteroatoms. The molecule has 2 heterocycles. The van der Waals surface area contributed by atoms with Gasteiger partial charge in [-0.3, -0.25) is 14.8 Å². The van der Waals surface area contributed by atoms with Crippen molar-refractivity contribution >= 4 is 49.0 Å². The van der Waals surface area contributed by atoms with Crippen LogP contribution in [-0.4, -0.2) is 30.1 Å². The summed E-state index contributed by atoms with van der Waals surface area (Å²) >= 11 is 1.34. The number of anilines is 2. The highest BCUT2D eigenvalue weighted by atomic mass is 32.2. The molecule has 0 spiro atoms. The summed E-state index contributed by atoms with van der Waals surface area (Å²) in [6, 6.07) is 16.7. The van der Waals surface area contributed by atoms with Crippen LogP contribution >= 0.6 is 11.3 Å². The van der Waals surface area contributed by atoms with E-state index in [1.54, 1.807) is 24.3 Å². The second kappa shape index (κ2) is 7.92. The highest BCUT2D eigenvalue weighted by Crippen LogP contribution is 2.27. The van der Waals surface area contributed by atoms with E-state index in [1.807, 2.05) is 47.2 Å². The first-order valence-corrected chi connectivity index (χ1v) is 12.0. The molecule has 0 radical (unpaired) electrons. The third kappa shape index (κ3) is 4.22. The Kier molecular flexibility index (Phi) is 5.31. The predicted octanol–water partition coefficient (Wildman–Crippen LogP) is 4.41. The van der Waals surface area contributed by atoms with Crippen molar-refractivity contribution in [1.82, 2.24) is 9.55 Å². The summed E-state index contributed by atoms with van der Waals surface area (Å²) in [5, 5.41) is 6.26. The molecule has 0 aliphatic heterocycles. The normalized spacial score (nSPS) is 11.5. The molecule has 0 aliphatic rings. The van der Waals surface area contributed by atoms with Crippen LogP contribution in [0.4, 0.5) is 10.8 Å². The number of rotatable bonds is 6. The number of carbonyl (C=O) groups is 1. The summed E-state index contributed by atoms with van der Waals surface area (Å²) in [7, 11) is -3.32. The Hall–Kier alpha value is -3.17. The molecule has 0 aliphatic carbocycles. The monoisotopic (exact) mass is 440 g/mol. The van der Waals surface area contributed by atoms with Crippen LogP contribution in [0.3, 0.4) is 0 Å². The molecule has 2 aromatic carbocycles. The minimum atomic E-state index is -3.32. The van der Waals surface area contributed by atoms with Gasteiger partial charge in [-0.15, -0.1) is 11.3 Å². The van der Waals surface area contributed by atoms with E-state index in [4.69, 9.17) is 0 Å². The van der Waals surface area contributed by atoms with E-state index in [9.17, 15) is 13.2 Å². The fraction of sp³-hybridized carbons (Fsp3) is 0.143. The highest BCUT2D eigenvalue weighted by Gasteiger charge is 2.16. The molecule has 0 atom stereocenters. The van der Waals surface area contributed by atoms with Gasteiger partial charge in [-0.1, -0.05) is 30.3 Å². The molecule has 2 aromatic heterocycles. The van der Waals surface area contributed by atoms with Crippen LogP contribution in [0.2, 0.25) is 0 Å². The number of hydrogen-bond donors (Lipinski definition) is 2. The molecule has 154 valence electrons. The van der Waals surface area contributed by atoms with Gasteiger partial charge in [0.15, 0.2) is 5.13 Å². The SMILES string of the molecule is CCn1c(C(=O)Nc2nc(-c3ccc(NS(C)(=O)=O)cc3)cs2)cc2ccccc21. The predicted molar refractivity (Wildman–Crippen MR) is 122 cm³/mol. The smallest absolute Gasteiger partial charge is 0.274 e. The van der Waals surface area contributed by atoms with E-state index < -0.39 is 10.0 Å². The van der Waals surface area contributed by atoms with E-state index in [0.29, 0.717) is 28.8 Å². The number of aryl methyl sites for hydroxylation is 1. The molecule has 30 heavy (non-hydrogen) atoms. The number of nitrogens with zero attached hydrogens (tertiary/aromatic N) is 2. The minimum absolute atomic E-state index is 0.207. The molecule has 0 saturated carbocycles. The van der Waals surface area contributed by atoms with Crippen LogP contribution in [0.1, 0.15) is 17.4 Å². The number of carbonyl (C=O) groups excluding carboxylic acids is 1. The van der Waals surface area contributed by atoms with Crippen molar-refractivity contribution in [3.63, 3.8) is 0 Å². The summed E-state index contributed by atoms with van der Waals surface area (Å²) < 4.78 is 27.0. The molecule has 0 unspecified atom stereocenters. The van der Waals surface area contributed by atoms with Gasteiger partial charge < -0.3 is 4.57 Å². The van der Waals surface area contributed by atoms with Crippen molar-refractivity contribution in [2.24, 2.45) is 0 Å². The van der Waals surface area contributed by atoms with E-state index in [0.717, 1.165) is 22.7 Å². The fourth-order valence-corrected chi connectivity index (χ4v) is 4.57. The van der Waals surface area contributed by atoms with Crippen molar-refractivity contribution in [1.29, 1.82) is 0 Å². The van der Waals surface area contributed by atoms with E-state index in [-0.39, 0.29) is 5.91 Å². The van der Waals surface area contributed by atoms with Gasteiger partial charge in [-0.2, -0.15) is 0 Å². The van der Waals surface area contributed by atoms with Gasteiger partial charge in [0, 0.05) is 34.1 Å². The first-order valence-electron chi connectivity index (χ1n) is 9.27. The number of fused-ring (bicyclic) bond motifs is 1. The number of sulfonamides is 1. The van der Waals surface area contributed by atoms with Crippen LogP contribution in [0, 0.1) is 0 Å². The Balaban J connectivity index is 1.53. The number of nitrogens with one attached hydrogen (secondary N) is 2. The van der Waals surface area contributed by atoms with Crippen molar-refractivity contribution in [3.8, 4) is 11.3 Å². The quantitative estimate of drug-likeness (QED) is 0.464. The number of amides is 1. The van der Waals surface area contributed by atoms with Crippen molar-refractivity contribution in [2.45, 2.75) is 13.5 Å². The van der Waals surface area contributed by atoms with Gasteiger partial charge in [-0.25, -0.2) is 13.4 Å². The third-order valence-corrected chi connectivity index (χ3v) is 5.93. The average molecular weight is 441 g/mol. The lowest BCUT2D eigenvalue weighted by Crippen LogP contribution is -2.16. The molecular weight excluding hydrogens is 420 g/mol. The number of benzene rings is 2. The van der Waals surface area contributed by atoms with Gasteiger partial charge in [0.2, 0.25) is 10.0 Å². The van der Waals surface area contributed by atoms with E-state index in [2.05, 4.69) is 15.0 Å². The van der Waals surface area contributed by atoms with Crippen LogP contribution in [0.15, 0.2) is 60.0 Å². The standard InChI is InChI=1S/C21H20N4O3S2/c1-3-25-18-7-5-4-6-15(18)12-19(25)20(26)23-21-22-17(13-29-21)14-8-10-16(11-9-14)24-30(2,27)28/h4-13,24H,3H2,1-2H3,(H,22,23,26). The average Bonchev–Trinajstić information content (AvgIpc) is 3.31. The zero-order valence-electron chi connectivity index (χ0n) is 16.4. The minimum Gasteiger partial charge on any atom is -0.337 e. The highest BCUT2D eigenvalue weighted by molar-refractivity contribution is 7.92. The Bertz CT molecular complexity index is 1320. The van der Waals surface area contributed by atoms with Gasteiger partial charge in [0.05, 0.1) is 11.9 Å². The van der Waals surface area contributed by atoms with E-state index >= 15 is 0 Å². The first-order chi connectivity index (χ1) is 14.3. The number of thiazole rings is 1. The zero-order chi connectivity index (χ0) is 21.3. The maximum Gasteiger partial charge on any atom is 0.274 e. The molecule has 2 N–H and O–H groups in total. The molecule has 1 amide bonds. The Labute approximate surface area is 178 Å². The van der Waals surface area contributed by atoms with Crippen LogP contribution in [-0.2, 0) is 16.6 Å². The van der Waals surface area contributed by atoms with Gasteiger partial charge in [0.1, 0.15) is 5.69 Å². The van der Waals surface area contributed by atoms with Crippen LogP contribution < -0.4 is 10.0 Å². The largest absolute Gasteiger partial charge is 0.337 e. The Morgan fingerprint density at radius 1 is 1.13 bits per heavy atom. The summed E-state index contributed by atoms with van der Waals surface area (Å²) in [4.78, 5) is 17.4. The maximum atomic E-state index is 12.9. The lowest BCUT2D eigenvalue weighted by atomic mass is 10.1. The van der Waals surface area contributed by atoms with Gasteiger partial charge >= 0.3 is 0 Å². The van der Waals surface area contributed by atoms with Crippen molar-refractivity contribution in [2.75, 3.05) is 16.3 Å². The lowest BCUT2D eigenvalue weighted by Gasteiger charge is -2.07. The lowest BCUT2D eigenvalue weighted by molar-refractivity contribution is 0.101. The summed E-state index contributed by atoms with van der Waals surface area (Å²) in [5.74, 6) is -0.207. The Morgan fingerprint density at radius 3 is 2.57 bits per heavy atom. The van der Waals surface area contributed by atoms with Crippen molar-refractivity contribution < 1.29 is 13.2 Å². The number of aromatic nitrogens is 2. The van der Waals surface area contributed by atoms with Crippen LogP contribution in [0.25, 0.3) is 22.2 Å². The van der Waals surface area contributed by atoms with Gasteiger partial charge in [0.25, 0.3) is 5.91 Å². The van der Waals surface area contributed by atoms with Crippen LogP contribution in [0.5, 0.6) is 0 Å². The number of para-hydroxylation sites is 1. The third-order valence-electron chi connectivity index (χ3n) is 4.57. The molecule has 0 saturated heterocycles. The second-order valence-corrected chi connectivity index (χ2v) is 9.38.